The van der Waals surface area contributed by atoms with Crippen molar-refractivity contribution in [3.8, 4) is 0 Å². The Balaban J connectivity index is 1.55. The first kappa shape index (κ1) is 23.5. The van der Waals surface area contributed by atoms with Crippen LogP contribution in [0, 0.1) is 11.6 Å². The third kappa shape index (κ3) is 6.42. The summed E-state index contributed by atoms with van der Waals surface area (Å²) >= 11 is 0. The number of halogens is 2. The van der Waals surface area contributed by atoms with E-state index in [9.17, 15) is 13.6 Å². The van der Waals surface area contributed by atoms with Crippen LogP contribution in [0.15, 0.2) is 47.5 Å². The molecule has 2 aromatic carbocycles. The predicted octanol–water partition coefficient (Wildman–Crippen LogP) is 3.44. The summed E-state index contributed by atoms with van der Waals surface area (Å²) < 4.78 is 27.3. The van der Waals surface area contributed by atoms with Gasteiger partial charge in [-0.2, -0.15) is 0 Å². The number of nitrogens with zero attached hydrogens (tertiary/aromatic N) is 2. The van der Waals surface area contributed by atoms with Crippen LogP contribution in [0.2, 0.25) is 0 Å². The quantitative estimate of drug-likeness (QED) is 0.489. The van der Waals surface area contributed by atoms with E-state index < -0.39 is 11.6 Å². The normalized spacial score (nSPS) is 16.8. The van der Waals surface area contributed by atoms with Crippen molar-refractivity contribution in [2.24, 2.45) is 4.99 Å². The van der Waals surface area contributed by atoms with E-state index in [1.807, 2.05) is 43.9 Å². The number of amides is 1. The second-order valence-corrected chi connectivity index (χ2v) is 9.00. The number of carbonyl (C=O) groups excluding carboxylic acids is 1. The number of nitrogens with one attached hydrogen (secondary N) is 3. The van der Waals surface area contributed by atoms with Crippen molar-refractivity contribution in [2.45, 2.75) is 45.3 Å². The first-order chi connectivity index (χ1) is 15.1. The number of benzene rings is 2. The number of guanidine groups is 1. The molecule has 172 valence electrons. The largest absolute Gasteiger partial charge is 0.367 e. The smallest absolute Gasteiger partial charge is 0.251 e. The summed E-state index contributed by atoms with van der Waals surface area (Å²) in [5.74, 6) is -0.616. The maximum absolute atomic E-state index is 14.1. The summed E-state index contributed by atoms with van der Waals surface area (Å²) in [5.41, 5.74) is 1.67. The Bertz CT molecular complexity index is 987. The van der Waals surface area contributed by atoms with Gasteiger partial charge in [0.2, 0.25) is 0 Å². The minimum Gasteiger partial charge on any atom is -0.367 e. The lowest BCUT2D eigenvalue weighted by Crippen LogP contribution is -2.44. The number of hydrogen-bond donors (Lipinski definition) is 3. The molecule has 0 spiro atoms. The van der Waals surface area contributed by atoms with Gasteiger partial charge in [0.15, 0.2) is 5.96 Å². The van der Waals surface area contributed by atoms with E-state index in [4.69, 9.17) is 0 Å². The van der Waals surface area contributed by atoms with Gasteiger partial charge in [-0.15, -0.1) is 0 Å². The average Bonchev–Trinajstić information content (AvgIpc) is 3.18. The summed E-state index contributed by atoms with van der Waals surface area (Å²) in [6, 6.07) is 11.2. The van der Waals surface area contributed by atoms with Crippen molar-refractivity contribution < 1.29 is 13.6 Å². The standard InChI is InChI=1S/C24H31F2N5O/c1-24(2,3)30-22(32)17-7-5-6-16(12-17)14-28-23(27-4)29-19-10-11-31(15-19)21-9-8-18(25)13-20(21)26/h5-9,12-13,19H,10-11,14-15H2,1-4H3,(H,30,32)(H2,27,28,29). The minimum atomic E-state index is -0.579. The maximum atomic E-state index is 14.1. The highest BCUT2D eigenvalue weighted by Crippen LogP contribution is 2.24. The summed E-state index contributed by atoms with van der Waals surface area (Å²) in [7, 11) is 1.69. The van der Waals surface area contributed by atoms with E-state index in [1.54, 1.807) is 13.1 Å². The van der Waals surface area contributed by atoms with Gasteiger partial charge in [-0.3, -0.25) is 9.79 Å². The van der Waals surface area contributed by atoms with Gasteiger partial charge in [0.1, 0.15) is 11.6 Å². The minimum absolute atomic E-state index is 0.0783. The second kappa shape index (κ2) is 9.97. The fraction of sp³-hybridized carbons (Fsp3) is 0.417. The van der Waals surface area contributed by atoms with Gasteiger partial charge in [0.05, 0.1) is 5.69 Å². The van der Waals surface area contributed by atoms with Crippen LogP contribution in [-0.4, -0.2) is 43.6 Å². The number of rotatable bonds is 5. The average molecular weight is 444 g/mol. The van der Waals surface area contributed by atoms with Gasteiger partial charge in [-0.1, -0.05) is 12.1 Å². The molecule has 0 saturated carbocycles. The van der Waals surface area contributed by atoms with Gasteiger partial charge in [0.25, 0.3) is 5.91 Å². The molecule has 0 aromatic heterocycles. The summed E-state index contributed by atoms with van der Waals surface area (Å²) in [6.07, 6.45) is 0.806. The van der Waals surface area contributed by atoms with Crippen LogP contribution in [0.1, 0.15) is 43.1 Å². The summed E-state index contributed by atoms with van der Waals surface area (Å²) in [6.45, 7) is 7.59. The van der Waals surface area contributed by atoms with Crippen LogP contribution in [0.25, 0.3) is 0 Å². The Morgan fingerprint density at radius 3 is 2.66 bits per heavy atom. The number of carbonyl (C=O) groups is 1. The van der Waals surface area contributed by atoms with Gasteiger partial charge < -0.3 is 20.9 Å². The van der Waals surface area contributed by atoms with Crippen molar-refractivity contribution >= 4 is 17.6 Å². The molecule has 1 heterocycles. The third-order valence-corrected chi connectivity index (χ3v) is 5.14. The molecule has 1 aliphatic heterocycles. The van der Waals surface area contributed by atoms with Crippen molar-refractivity contribution in [3.05, 3.63) is 65.2 Å². The lowest BCUT2D eigenvalue weighted by Gasteiger charge is -2.21. The topological polar surface area (TPSA) is 68.8 Å². The van der Waals surface area contributed by atoms with Gasteiger partial charge >= 0.3 is 0 Å². The Hall–Kier alpha value is -3.16. The highest BCUT2D eigenvalue weighted by molar-refractivity contribution is 5.94. The van der Waals surface area contributed by atoms with E-state index in [2.05, 4.69) is 20.9 Å². The molecule has 1 aliphatic rings. The SMILES string of the molecule is CN=C(NCc1cccc(C(=O)NC(C)(C)C)c1)NC1CCN(c2ccc(F)cc2F)C1. The molecule has 3 N–H and O–H groups in total. The van der Waals surface area contributed by atoms with E-state index in [-0.39, 0.29) is 17.5 Å². The molecule has 1 amide bonds. The van der Waals surface area contributed by atoms with E-state index >= 15 is 0 Å². The first-order valence-corrected chi connectivity index (χ1v) is 10.7. The predicted molar refractivity (Wildman–Crippen MR) is 124 cm³/mol. The molecule has 6 nitrogen and oxygen atoms in total. The van der Waals surface area contributed by atoms with Gasteiger partial charge in [0, 0.05) is 49.9 Å². The molecule has 1 unspecified atom stereocenters. The number of anilines is 1. The molecule has 0 radical (unpaired) electrons. The summed E-state index contributed by atoms with van der Waals surface area (Å²) in [4.78, 5) is 18.6. The lowest BCUT2D eigenvalue weighted by atomic mass is 10.1. The van der Waals surface area contributed by atoms with Crippen LogP contribution in [0.5, 0.6) is 0 Å². The molecular weight excluding hydrogens is 412 g/mol. The molecule has 1 saturated heterocycles. The van der Waals surface area contributed by atoms with Crippen molar-refractivity contribution in [1.82, 2.24) is 16.0 Å². The van der Waals surface area contributed by atoms with Crippen molar-refractivity contribution in [2.75, 3.05) is 25.0 Å². The van der Waals surface area contributed by atoms with Crippen LogP contribution < -0.4 is 20.9 Å². The van der Waals surface area contributed by atoms with Gasteiger partial charge in [-0.05, 0) is 57.0 Å². The molecular formula is C24H31F2N5O. The Morgan fingerprint density at radius 2 is 1.97 bits per heavy atom. The lowest BCUT2D eigenvalue weighted by molar-refractivity contribution is 0.0919. The van der Waals surface area contributed by atoms with E-state index in [1.165, 1.54) is 12.1 Å². The molecule has 1 atom stereocenters. The Kier molecular flexibility index (Phi) is 7.33. The van der Waals surface area contributed by atoms with E-state index in [0.717, 1.165) is 18.1 Å². The second-order valence-electron chi connectivity index (χ2n) is 9.00. The molecule has 0 aliphatic carbocycles. The highest BCUT2D eigenvalue weighted by Gasteiger charge is 2.25. The number of hydrogen-bond acceptors (Lipinski definition) is 3. The first-order valence-electron chi connectivity index (χ1n) is 10.7. The molecule has 0 bridgehead atoms. The highest BCUT2D eigenvalue weighted by atomic mass is 19.1. The molecule has 32 heavy (non-hydrogen) atoms. The molecule has 2 aromatic rings. The molecule has 8 heteroatoms. The van der Waals surface area contributed by atoms with E-state index in [0.29, 0.717) is 36.8 Å². The summed E-state index contributed by atoms with van der Waals surface area (Å²) in [5, 5.41) is 9.59. The Labute approximate surface area is 188 Å². The van der Waals surface area contributed by atoms with Crippen LogP contribution in [0.4, 0.5) is 14.5 Å². The number of aliphatic imine (C=N–C) groups is 1. The van der Waals surface area contributed by atoms with Crippen LogP contribution in [0.3, 0.4) is 0 Å². The van der Waals surface area contributed by atoms with Crippen LogP contribution >= 0.6 is 0 Å². The zero-order valence-corrected chi connectivity index (χ0v) is 19.0. The van der Waals surface area contributed by atoms with Crippen molar-refractivity contribution in [3.63, 3.8) is 0 Å². The van der Waals surface area contributed by atoms with Gasteiger partial charge in [-0.25, -0.2) is 8.78 Å². The molecule has 1 fully saturated rings. The maximum Gasteiger partial charge on any atom is 0.251 e. The fourth-order valence-corrected chi connectivity index (χ4v) is 3.64. The fourth-order valence-electron chi connectivity index (χ4n) is 3.64. The zero-order chi connectivity index (χ0) is 23.3. The monoisotopic (exact) mass is 443 g/mol. The third-order valence-electron chi connectivity index (χ3n) is 5.14. The zero-order valence-electron chi connectivity index (χ0n) is 19.0. The Morgan fingerprint density at radius 1 is 1.19 bits per heavy atom. The molecule has 3 rings (SSSR count). The van der Waals surface area contributed by atoms with Crippen molar-refractivity contribution in [1.29, 1.82) is 0 Å². The van der Waals surface area contributed by atoms with Crippen LogP contribution in [-0.2, 0) is 6.54 Å².